The Balaban J connectivity index is 1.38. The molecular weight excluding hydrogens is 456 g/mol. The quantitative estimate of drug-likeness (QED) is 0.278. The van der Waals surface area contributed by atoms with Crippen molar-refractivity contribution >= 4 is 45.2 Å². The van der Waals surface area contributed by atoms with Crippen molar-refractivity contribution in [1.82, 2.24) is 25.1 Å². The van der Waals surface area contributed by atoms with E-state index in [1.807, 2.05) is 31.2 Å². The van der Waals surface area contributed by atoms with Crippen LogP contribution in [-0.2, 0) is 6.42 Å². The second-order valence-corrected chi connectivity index (χ2v) is 8.65. The Kier molecular flexibility index (Phi) is 7.26. The normalized spacial score (nSPS) is 10.8. The second kappa shape index (κ2) is 10.5. The Morgan fingerprint density at radius 3 is 2.73 bits per heavy atom. The number of carbonyl (C=O) groups is 1. The number of thiocarbonyl (C=S) groups is 1. The van der Waals surface area contributed by atoms with Crippen LogP contribution in [0.1, 0.15) is 42.9 Å². The first-order valence-electron chi connectivity index (χ1n) is 10.7. The minimum atomic E-state index is -0.287. The Hall–Kier alpha value is -3.37. The molecule has 0 atom stereocenters. The third-order valence-corrected chi connectivity index (χ3v) is 6.00. The highest BCUT2D eigenvalue weighted by Gasteiger charge is 2.13. The van der Waals surface area contributed by atoms with Gasteiger partial charge in [0.1, 0.15) is 10.8 Å². The third kappa shape index (κ3) is 5.52. The highest BCUT2D eigenvalue weighted by atomic mass is 32.1. The second-order valence-electron chi connectivity index (χ2n) is 7.29. The summed E-state index contributed by atoms with van der Waals surface area (Å²) in [7, 11) is 0. The Morgan fingerprint density at radius 1 is 1.15 bits per heavy atom. The van der Waals surface area contributed by atoms with Crippen molar-refractivity contribution in [1.29, 1.82) is 0 Å². The summed E-state index contributed by atoms with van der Waals surface area (Å²) >= 11 is 6.80. The zero-order chi connectivity index (χ0) is 23.2. The van der Waals surface area contributed by atoms with Crippen LogP contribution in [0.5, 0.6) is 5.75 Å². The number of nitrogens with one attached hydrogen (secondary N) is 2. The van der Waals surface area contributed by atoms with Crippen molar-refractivity contribution < 1.29 is 9.53 Å². The molecule has 8 nitrogen and oxygen atoms in total. The number of aryl methyl sites for hydroxylation is 1. The van der Waals surface area contributed by atoms with Crippen LogP contribution in [0, 0.1) is 0 Å². The van der Waals surface area contributed by atoms with Gasteiger partial charge in [-0.1, -0.05) is 43.7 Å². The summed E-state index contributed by atoms with van der Waals surface area (Å²) < 4.78 is 7.40. The molecule has 0 aliphatic carbocycles. The van der Waals surface area contributed by atoms with Crippen molar-refractivity contribution in [3.63, 3.8) is 0 Å². The average molecular weight is 481 g/mol. The fraction of sp³-hybridized carbons (Fsp3) is 0.261. The molecule has 10 heteroatoms. The highest BCUT2D eigenvalue weighted by molar-refractivity contribution is 7.80. The molecule has 0 fully saturated rings. The van der Waals surface area contributed by atoms with Gasteiger partial charge in [0.05, 0.1) is 6.61 Å². The lowest BCUT2D eigenvalue weighted by Gasteiger charge is -2.11. The van der Waals surface area contributed by atoms with Crippen molar-refractivity contribution in [2.24, 2.45) is 0 Å². The van der Waals surface area contributed by atoms with Crippen LogP contribution in [0.2, 0.25) is 0 Å². The van der Waals surface area contributed by atoms with Gasteiger partial charge in [-0.15, -0.1) is 10.2 Å². The SMILES string of the molecule is CCCCOc1ccc(C(=O)NC(=S)Nc2cccc(-c3nn4c(CC)nnc4s3)c2)cc1. The van der Waals surface area contributed by atoms with Gasteiger partial charge in [-0.25, -0.2) is 0 Å². The van der Waals surface area contributed by atoms with E-state index in [0.717, 1.165) is 52.1 Å². The van der Waals surface area contributed by atoms with Crippen molar-refractivity contribution in [2.45, 2.75) is 33.1 Å². The molecule has 2 aromatic carbocycles. The van der Waals surface area contributed by atoms with Crippen LogP contribution in [0.15, 0.2) is 48.5 Å². The zero-order valence-electron chi connectivity index (χ0n) is 18.4. The van der Waals surface area contributed by atoms with Gasteiger partial charge in [-0.3, -0.25) is 10.1 Å². The summed E-state index contributed by atoms with van der Waals surface area (Å²) in [5, 5.41) is 19.7. The number of fused-ring (bicyclic) bond motifs is 1. The van der Waals surface area contributed by atoms with Crippen molar-refractivity contribution in [2.75, 3.05) is 11.9 Å². The predicted octanol–water partition coefficient (Wildman–Crippen LogP) is 4.72. The molecule has 0 aliphatic rings. The Morgan fingerprint density at radius 2 is 1.97 bits per heavy atom. The van der Waals surface area contributed by atoms with Crippen LogP contribution in [-0.4, -0.2) is 37.4 Å². The van der Waals surface area contributed by atoms with Crippen molar-refractivity contribution in [3.8, 4) is 16.3 Å². The largest absolute Gasteiger partial charge is 0.494 e. The van der Waals surface area contributed by atoms with Gasteiger partial charge in [0, 0.05) is 23.2 Å². The number of nitrogens with zero attached hydrogens (tertiary/aromatic N) is 4. The minimum absolute atomic E-state index is 0.215. The molecule has 0 bridgehead atoms. The molecule has 0 saturated heterocycles. The van der Waals surface area contributed by atoms with E-state index in [2.05, 4.69) is 32.9 Å². The molecule has 33 heavy (non-hydrogen) atoms. The van der Waals surface area contributed by atoms with Gasteiger partial charge in [-0.2, -0.15) is 9.61 Å². The number of benzene rings is 2. The predicted molar refractivity (Wildman–Crippen MR) is 134 cm³/mol. The standard InChI is InChI=1S/C23H24N6O2S2/c1-3-5-13-31-18-11-9-15(10-12-18)20(30)25-22(32)24-17-8-6-7-16(14-17)21-28-29-19(4-2)26-27-23(29)33-21/h6-12,14H,3-5,13H2,1-2H3,(H2,24,25,30,32). The van der Waals surface area contributed by atoms with E-state index in [-0.39, 0.29) is 11.0 Å². The maximum atomic E-state index is 12.5. The van der Waals surface area contributed by atoms with E-state index in [9.17, 15) is 4.79 Å². The molecule has 4 rings (SSSR count). The molecule has 2 aromatic heterocycles. The summed E-state index contributed by atoms with van der Waals surface area (Å²) in [6, 6.07) is 14.7. The minimum Gasteiger partial charge on any atom is -0.494 e. The van der Waals surface area contributed by atoms with Crippen LogP contribution in [0.25, 0.3) is 15.5 Å². The van der Waals surface area contributed by atoms with Crippen LogP contribution < -0.4 is 15.4 Å². The number of hydrogen-bond donors (Lipinski definition) is 2. The smallest absolute Gasteiger partial charge is 0.257 e. The third-order valence-electron chi connectivity index (χ3n) is 4.85. The van der Waals surface area contributed by atoms with Gasteiger partial charge in [0.25, 0.3) is 5.91 Å². The summed E-state index contributed by atoms with van der Waals surface area (Å²) in [5.74, 6) is 1.28. The van der Waals surface area contributed by atoms with Gasteiger partial charge >= 0.3 is 0 Å². The molecule has 2 heterocycles. The molecule has 1 amide bonds. The zero-order valence-corrected chi connectivity index (χ0v) is 20.0. The summed E-state index contributed by atoms with van der Waals surface area (Å²) in [4.78, 5) is 13.3. The lowest BCUT2D eigenvalue weighted by molar-refractivity contribution is 0.0977. The molecule has 0 aliphatic heterocycles. The highest BCUT2D eigenvalue weighted by Crippen LogP contribution is 2.27. The topological polar surface area (TPSA) is 93.4 Å². The monoisotopic (exact) mass is 480 g/mol. The molecule has 2 N–H and O–H groups in total. The number of hydrogen-bond acceptors (Lipinski definition) is 7. The van der Waals surface area contributed by atoms with E-state index < -0.39 is 0 Å². The number of anilines is 1. The number of amides is 1. The van der Waals surface area contributed by atoms with E-state index in [0.29, 0.717) is 12.2 Å². The average Bonchev–Trinajstić information content (AvgIpc) is 3.40. The molecule has 0 saturated carbocycles. The summed E-state index contributed by atoms with van der Waals surface area (Å²) in [6.45, 7) is 4.80. The van der Waals surface area contributed by atoms with E-state index >= 15 is 0 Å². The fourth-order valence-corrected chi connectivity index (χ4v) is 4.16. The number of carbonyl (C=O) groups excluding carboxylic acids is 1. The van der Waals surface area contributed by atoms with Crippen LogP contribution >= 0.6 is 23.6 Å². The first-order valence-corrected chi connectivity index (χ1v) is 12.0. The maximum absolute atomic E-state index is 12.5. The van der Waals surface area contributed by atoms with E-state index in [4.69, 9.17) is 17.0 Å². The van der Waals surface area contributed by atoms with Gasteiger partial charge in [0.15, 0.2) is 10.9 Å². The first kappa shape index (κ1) is 22.8. The Labute approximate surface area is 201 Å². The number of unbranched alkanes of at least 4 members (excludes halogenated alkanes) is 1. The molecule has 0 radical (unpaired) electrons. The Bertz CT molecular complexity index is 1270. The van der Waals surface area contributed by atoms with Crippen molar-refractivity contribution in [3.05, 3.63) is 59.9 Å². The van der Waals surface area contributed by atoms with Gasteiger partial charge in [-0.05, 0) is 55.0 Å². The van der Waals surface area contributed by atoms with E-state index in [1.54, 1.807) is 28.8 Å². The molecule has 4 aromatic rings. The van der Waals surface area contributed by atoms with Gasteiger partial charge < -0.3 is 10.1 Å². The number of rotatable bonds is 8. The lowest BCUT2D eigenvalue weighted by Crippen LogP contribution is -2.34. The van der Waals surface area contributed by atoms with E-state index in [1.165, 1.54) is 11.3 Å². The fourth-order valence-electron chi connectivity index (χ4n) is 3.10. The first-order chi connectivity index (χ1) is 16.1. The van der Waals surface area contributed by atoms with Crippen LogP contribution in [0.3, 0.4) is 0 Å². The number of aromatic nitrogens is 4. The molecule has 0 unspecified atom stereocenters. The molecular formula is C23H24N6O2S2. The number of ether oxygens (including phenoxy) is 1. The molecule has 170 valence electrons. The van der Waals surface area contributed by atoms with Crippen LogP contribution in [0.4, 0.5) is 5.69 Å². The maximum Gasteiger partial charge on any atom is 0.257 e. The van der Waals surface area contributed by atoms with Gasteiger partial charge in [0.2, 0.25) is 4.96 Å². The lowest BCUT2D eigenvalue weighted by atomic mass is 10.2. The summed E-state index contributed by atoms with van der Waals surface area (Å²) in [5.41, 5.74) is 2.17. The molecule has 0 spiro atoms. The summed E-state index contributed by atoms with van der Waals surface area (Å²) in [6.07, 6.45) is 2.83.